The minimum absolute atomic E-state index is 0.226. The molecule has 1 fully saturated rings. The Morgan fingerprint density at radius 3 is 2.90 bits per heavy atom. The van der Waals surface area contributed by atoms with E-state index >= 15 is 0 Å². The first-order valence-corrected chi connectivity index (χ1v) is 7.19. The molecule has 3 rings (SSSR count). The Morgan fingerprint density at radius 2 is 2.24 bits per heavy atom. The average Bonchev–Trinajstić information content (AvgIpc) is 2.82. The van der Waals surface area contributed by atoms with Crippen molar-refractivity contribution in [3.8, 4) is 0 Å². The molecule has 0 amide bonds. The second kappa shape index (κ2) is 5.91. The standard InChI is InChI=1S/C15H20N4O2/c1-10-4-5-16-14(6-10)11(2)19-7-13(8-19)20-9-15-17-12(3)18-21-15/h4-6,11,13H,7-9H2,1-3H3. The lowest BCUT2D eigenvalue weighted by Crippen LogP contribution is -2.52. The lowest BCUT2D eigenvalue weighted by Gasteiger charge is -2.42. The molecule has 2 aromatic rings. The van der Waals surface area contributed by atoms with Crippen molar-refractivity contribution in [2.45, 2.75) is 39.5 Å². The number of pyridine rings is 1. The van der Waals surface area contributed by atoms with Gasteiger partial charge >= 0.3 is 0 Å². The molecule has 0 bridgehead atoms. The number of nitrogens with zero attached hydrogens (tertiary/aromatic N) is 4. The van der Waals surface area contributed by atoms with Gasteiger partial charge in [-0.05, 0) is 38.5 Å². The van der Waals surface area contributed by atoms with E-state index in [2.05, 4.69) is 39.9 Å². The molecule has 3 heterocycles. The summed E-state index contributed by atoms with van der Waals surface area (Å²) < 4.78 is 10.8. The molecular weight excluding hydrogens is 268 g/mol. The van der Waals surface area contributed by atoms with Gasteiger partial charge in [0, 0.05) is 25.3 Å². The predicted octanol–water partition coefficient (Wildman–Crippen LogP) is 2.04. The Bertz CT molecular complexity index is 607. The second-order valence-corrected chi connectivity index (χ2v) is 5.56. The molecular formula is C15H20N4O2. The molecule has 0 aromatic carbocycles. The summed E-state index contributed by atoms with van der Waals surface area (Å²) in [4.78, 5) is 10.9. The number of hydrogen-bond acceptors (Lipinski definition) is 6. The molecule has 0 spiro atoms. The highest BCUT2D eigenvalue weighted by Gasteiger charge is 2.32. The zero-order valence-electron chi connectivity index (χ0n) is 12.6. The first-order valence-electron chi connectivity index (χ1n) is 7.19. The first-order chi connectivity index (χ1) is 10.1. The van der Waals surface area contributed by atoms with Crippen molar-refractivity contribution >= 4 is 0 Å². The second-order valence-electron chi connectivity index (χ2n) is 5.56. The molecule has 112 valence electrons. The van der Waals surface area contributed by atoms with Gasteiger partial charge in [0.2, 0.25) is 0 Å². The maximum Gasteiger partial charge on any atom is 0.252 e. The third-order valence-electron chi connectivity index (χ3n) is 3.80. The van der Waals surface area contributed by atoms with Crippen molar-refractivity contribution in [3.05, 3.63) is 41.3 Å². The van der Waals surface area contributed by atoms with Crippen LogP contribution in [-0.2, 0) is 11.3 Å². The van der Waals surface area contributed by atoms with Crippen molar-refractivity contribution in [2.75, 3.05) is 13.1 Å². The van der Waals surface area contributed by atoms with E-state index in [0.29, 0.717) is 24.4 Å². The van der Waals surface area contributed by atoms with Crippen LogP contribution in [0.4, 0.5) is 0 Å². The Hall–Kier alpha value is -1.79. The number of likely N-dealkylation sites (tertiary alicyclic amines) is 1. The number of hydrogen-bond donors (Lipinski definition) is 0. The molecule has 0 radical (unpaired) electrons. The zero-order chi connectivity index (χ0) is 14.8. The van der Waals surface area contributed by atoms with Crippen molar-refractivity contribution < 1.29 is 9.26 Å². The summed E-state index contributed by atoms with van der Waals surface area (Å²) in [6.45, 7) is 8.27. The van der Waals surface area contributed by atoms with E-state index in [1.807, 2.05) is 12.3 Å². The Morgan fingerprint density at radius 1 is 1.43 bits per heavy atom. The van der Waals surface area contributed by atoms with Crippen molar-refractivity contribution in [1.29, 1.82) is 0 Å². The molecule has 0 saturated carbocycles. The SMILES string of the molecule is Cc1ccnc(C(C)N2CC(OCc3nc(C)no3)C2)c1. The summed E-state index contributed by atoms with van der Waals surface area (Å²) in [5, 5.41) is 3.74. The molecule has 0 N–H and O–H groups in total. The molecule has 0 aliphatic carbocycles. The van der Waals surface area contributed by atoms with E-state index < -0.39 is 0 Å². The highest BCUT2D eigenvalue weighted by molar-refractivity contribution is 5.17. The molecule has 1 aliphatic rings. The van der Waals surface area contributed by atoms with Crippen LogP contribution in [0.3, 0.4) is 0 Å². The van der Waals surface area contributed by atoms with Gasteiger partial charge in [0.1, 0.15) is 6.61 Å². The molecule has 6 nitrogen and oxygen atoms in total. The van der Waals surface area contributed by atoms with Crippen LogP contribution in [0.15, 0.2) is 22.9 Å². The minimum atomic E-state index is 0.226. The molecule has 1 saturated heterocycles. The maximum atomic E-state index is 5.76. The number of rotatable bonds is 5. The fourth-order valence-corrected chi connectivity index (χ4v) is 2.45. The van der Waals surface area contributed by atoms with E-state index in [9.17, 15) is 0 Å². The summed E-state index contributed by atoms with van der Waals surface area (Å²) >= 11 is 0. The van der Waals surface area contributed by atoms with Gasteiger partial charge in [0.25, 0.3) is 5.89 Å². The van der Waals surface area contributed by atoms with E-state index in [1.54, 1.807) is 6.92 Å². The van der Waals surface area contributed by atoms with Gasteiger partial charge in [-0.15, -0.1) is 0 Å². The van der Waals surface area contributed by atoms with E-state index in [0.717, 1.165) is 18.8 Å². The van der Waals surface area contributed by atoms with E-state index in [-0.39, 0.29) is 6.10 Å². The summed E-state index contributed by atoms with van der Waals surface area (Å²) in [5.41, 5.74) is 2.35. The summed E-state index contributed by atoms with van der Waals surface area (Å²) in [5.74, 6) is 1.18. The quantitative estimate of drug-likeness (QED) is 0.839. The Labute approximate surface area is 124 Å². The van der Waals surface area contributed by atoms with Gasteiger partial charge in [0.05, 0.1) is 11.8 Å². The molecule has 2 aromatic heterocycles. The van der Waals surface area contributed by atoms with Gasteiger partial charge in [-0.2, -0.15) is 4.98 Å². The molecule has 1 atom stereocenters. The van der Waals surface area contributed by atoms with E-state index in [1.165, 1.54) is 5.56 Å². The summed E-state index contributed by atoms with van der Waals surface area (Å²) in [7, 11) is 0. The van der Waals surface area contributed by atoms with Crippen LogP contribution in [0.5, 0.6) is 0 Å². The summed E-state index contributed by atoms with van der Waals surface area (Å²) in [6.07, 6.45) is 2.09. The number of ether oxygens (including phenoxy) is 1. The largest absolute Gasteiger partial charge is 0.366 e. The lowest BCUT2D eigenvalue weighted by molar-refractivity contribution is -0.0833. The predicted molar refractivity (Wildman–Crippen MR) is 76.6 cm³/mol. The minimum Gasteiger partial charge on any atom is -0.366 e. The van der Waals surface area contributed by atoms with Crippen molar-refractivity contribution in [2.24, 2.45) is 0 Å². The van der Waals surface area contributed by atoms with Crippen LogP contribution in [0, 0.1) is 13.8 Å². The van der Waals surface area contributed by atoms with Crippen LogP contribution < -0.4 is 0 Å². The van der Waals surface area contributed by atoms with Gasteiger partial charge in [-0.1, -0.05) is 5.16 Å². The fourth-order valence-electron chi connectivity index (χ4n) is 2.45. The van der Waals surface area contributed by atoms with Gasteiger partial charge in [0.15, 0.2) is 5.82 Å². The third kappa shape index (κ3) is 3.28. The van der Waals surface area contributed by atoms with Crippen LogP contribution in [-0.4, -0.2) is 39.2 Å². The Kier molecular flexibility index (Phi) is 3.98. The molecule has 1 aliphatic heterocycles. The third-order valence-corrected chi connectivity index (χ3v) is 3.80. The van der Waals surface area contributed by atoms with Gasteiger partial charge in [-0.3, -0.25) is 9.88 Å². The fraction of sp³-hybridized carbons (Fsp3) is 0.533. The van der Waals surface area contributed by atoms with Gasteiger partial charge < -0.3 is 9.26 Å². The molecule has 6 heteroatoms. The lowest BCUT2D eigenvalue weighted by atomic mass is 10.0. The van der Waals surface area contributed by atoms with Crippen LogP contribution >= 0.6 is 0 Å². The first kappa shape index (κ1) is 14.2. The number of aromatic nitrogens is 3. The number of aryl methyl sites for hydroxylation is 2. The molecule has 1 unspecified atom stereocenters. The maximum absolute atomic E-state index is 5.76. The van der Waals surface area contributed by atoms with Crippen molar-refractivity contribution in [3.63, 3.8) is 0 Å². The van der Waals surface area contributed by atoms with Crippen molar-refractivity contribution in [1.82, 2.24) is 20.0 Å². The molecule has 21 heavy (non-hydrogen) atoms. The zero-order valence-corrected chi connectivity index (χ0v) is 12.6. The monoisotopic (exact) mass is 288 g/mol. The van der Waals surface area contributed by atoms with Crippen LogP contribution in [0.1, 0.15) is 35.9 Å². The smallest absolute Gasteiger partial charge is 0.252 e. The van der Waals surface area contributed by atoms with E-state index in [4.69, 9.17) is 9.26 Å². The van der Waals surface area contributed by atoms with Gasteiger partial charge in [-0.25, -0.2) is 0 Å². The van der Waals surface area contributed by atoms with Crippen LogP contribution in [0.2, 0.25) is 0 Å². The van der Waals surface area contributed by atoms with Crippen LogP contribution in [0.25, 0.3) is 0 Å². The highest BCUT2D eigenvalue weighted by Crippen LogP contribution is 2.26. The highest BCUT2D eigenvalue weighted by atomic mass is 16.5. The topological polar surface area (TPSA) is 64.3 Å². The average molecular weight is 288 g/mol. The Balaban J connectivity index is 1.47. The normalized spacial score (nSPS) is 17.7. The summed E-state index contributed by atoms with van der Waals surface area (Å²) in [6, 6.07) is 4.47.